The smallest absolute Gasteiger partial charge is 0.251 e. The van der Waals surface area contributed by atoms with E-state index in [2.05, 4.69) is 33.7 Å². The summed E-state index contributed by atoms with van der Waals surface area (Å²) in [5.74, 6) is 1.30. The van der Waals surface area contributed by atoms with Gasteiger partial charge in [0.2, 0.25) is 6.41 Å². The predicted molar refractivity (Wildman–Crippen MR) is 143 cm³/mol. The molecule has 2 amide bonds. The van der Waals surface area contributed by atoms with Gasteiger partial charge in [-0.1, -0.05) is 18.2 Å². The van der Waals surface area contributed by atoms with Crippen LogP contribution in [0.5, 0.6) is 5.75 Å². The van der Waals surface area contributed by atoms with E-state index < -0.39 is 0 Å². The van der Waals surface area contributed by atoms with Crippen molar-refractivity contribution in [2.24, 2.45) is 5.92 Å². The maximum Gasteiger partial charge on any atom is 0.251 e. The first-order valence-electron chi connectivity index (χ1n) is 13.3. The molecule has 0 radical (unpaired) electrons. The summed E-state index contributed by atoms with van der Waals surface area (Å²) in [5.41, 5.74) is 4.55. The molecule has 2 heterocycles. The molecule has 2 aliphatic carbocycles. The third-order valence-electron chi connectivity index (χ3n) is 7.64. The highest BCUT2D eigenvalue weighted by atomic mass is 16.5. The molecule has 2 N–H and O–H groups in total. The fraction of sp³-hybridized carbons (Fsp3) is 0.367. The molecule has 2 aromatic carbocycles. The molecule has 1 aliphatic heterocycles. The van der Waals surface area contributed by atoms with Gasteiger partial charge in [-0.15, -0.1) is 0 Å². The van der Waals surface area contributed by atoms with E-state index >= 15 is 0 Å². The maximum atomic E-state index is 13.3. The molecule has 6 rings (SSSR count). The first-order chi connectivity index (χ1) is 18.2. The lowest BCUT2D eigenvalue weighted by atomic mass is 9.96. The topological polar surface area (TPSA) is 87.3 Å². The molecule has 0 bridgehead atoms. The molecule has 0 spiro atoms. The Morgan fingerprint density at radius 3 is 2.59 bits per heavy atom. The number of aromatic nitrogens is 2. The fourth-order valence-electron chi connectivity index (χ4n) is 5.35. The molecular formula is C30H32N4O3. The largest absolute Gasteiger partial charge is 0.490 e. The van der Waals surface area contributed by atoms with Gasteiger partial charge < -0.3 is 15.0 Å². The van der Waals surface area contributed by atoms with E-state index in [1.54, 1.807) is 4.90 Å². The highest BCUT2D eigenvalue weighted by Gasteiger charge is 2.34. The average molecular weight is 497 g/mol. The van der Waals surface area contributed by atoms with Crippen molar-refractivity contribution >= 4 is 23.2 Å². The van der Waals surface area contributed by atoms with Crippen molar-refractivity contribution in [3.8, 4) is 17.0 Å². The molecule has 190 valence electrons. The second kappa shape index (κ2) is 10.2. The molecule has 1 saturated heterocycles. The monoisotopic (exact) mass is 496 g/mol. The van der Waals surface area contributed by atoms with Gasteiger partial charge in [-0.3, -0.25) is 14.7 Å². The number of aromatic amines is 1. The first kappa shape index (κ1) is 23.5. The summed E-state index contributed by atoms with van der Waals surface area (Å²) in [5, 5.41) is 11.9. The Morgan fingerprint density at radius 1 is 1.08 bits per heavy atom. The average Bonchev–Trinajstić information content (AvgIpc) is 3.71. The number of carbonyl (C=O) groups excluding carboxylic acids is 2. The maximum absolute atomic E-state index is 13.3. The van der Waals surface area contributed by atoms with Crippen molar-refractivity contribution < 1.29 is 14.3 Å². The van der Waals surface area contributed by atoms with E-state index in [1.165, 1.54) is 18.4 Å². The zero-order valence-corrected chi connectivity index (χ0v) is 20.9. The number of allylic oxidation sites excluding steroid dienone is 2. The molecule has 7 heteroatoms. The summed E-state index contributed by atoms with van der Waals surface area (Å²) >= 11 is 0. The standard InChI is InChI=1S/C30H32N4O3/c35-19-34-16-14-25(15-17-34)37-24-11-8-22(9-12-24)29-26-18-23(10-13-27(26)32-33-29)30(36)31-28(21-6-7-21)20-4-2-1-3-5-20/h2,4-5,8-13,18-19,21,25,28H,1,3,6-7,14-17H2,(H,31,36)(H,32,33). The van der Waals surface area contributed by atoms with Gasteiger partial charge in [0.1, 0.15) is 11.9 Å². The van der Waals surface area contributed by atoms with Gasteiger partial charge in [-0.25, -0.2) is 0 Å². The van der Waals surface area contributed by atoms with Crippen LogP contribution >= 0.6 is 0 Å². The lowest BCUT2D eigenvalue weighted by Gasteiger charge is -2.29. The SMILES string of the molecule is O=CN1CCC(Oc2ccc(-c3n[nH]c4ccc(C(=O)NC(C5=CCCC=C5)C5CC5)cc34)cc2)CC1. The Labute approximate surface area is 216 Å². The van der Waals surface area contributed by atoms with Crippen LogP contribution in [0.3, 0.4) is 0 Å². The Balaban J connectivity index is 1.17. The van der Waals surface area contributed by atoms with Crippen LogP contribution in [-0.2, 0) is 4.79 Å². The lowest BCUT2D eigenvalue weighted by molar-refractivity contribution is -0.119. The summed E-state index contributed by atoms with van der Waals surface area (Å²) in [7, 11) is 0. The Morgan fingerprint density at radius 2 is 1.89 bits per heavy atom. The molecule has 3 aliphatic rings. The zero-order valence-electron chi connectivity index (χ0n) is 20.9. The Kier molecular flexibility index (Phi) is 6.51. The van der Waals surface area contributed by atoms with Gasteiger partial charge in [0.25, 0.3) is 5.91 Å². The minimum Gasteiger partial charge on any atom is -0.490 e. The third kappa shape index (κ3) is 5.17. The van der Waals surface area contributed by atoms with Crippen molar-refractivity contribution in [3.05, 3.63) is 71.8 Å². The summed E-state index contributed by atoms with van der Waals surface area (Å²) in [6.07, 6.45) is 13.8. The summed E-state index contributed by atoms with van der Waals surface area (Å²) in [4.78, 5) is 26.0. The van der Waals surface area contributed by atoms with Crippen LogP contribution in [0.4, 0.5) is 0 Å². The second-order valence-electron chi connectivity index (χ2n) is 10.3. The number of nitrogens with zero attached hydrogens (tertiary/aromatic N) is 2. The van der Waals surface area contributed by atoms with Crippen LogP contribution in [0.1, 0.15) is 48.9 Å². The van der Waals surface area contributed by atoms with Gasteiger partial charge in [-0.2, -0.15) is 5.10 Å². The number of fused-ring (bicyclic) bond motifs is 1. The van der Waals surface area contributed by atoms with Crippen LogP contribution in [-0.4, -0.2) is 52.6 Å². The molecule has 2 fully saturated rings. The molecule has 3 aromatic rings. The number of nitrogens with one attached hydrogen (secondary N) is 2. The summed E-state index contributed by atoms with van der Waals surface area (Å²) < 4.78 is 6.14. The van der Waals surface area contributed by atoms with Gasteiger partial charge in [-0.05, 0) is 79.6 Å². The molecule has 1 unspecified atom stereocenters. The van der Waals surface area contributed by atoms with Gasteiger partial charge in [0.05, 0.1) is 17.3 Å². The quantitative estimate of drug-likeness (QED) is 0.429. The van der Waals surface area contributed by atoms with Crippen LogP contribution in [0, 0.1) is 5.92 Å². The number of amides is 2. The summed E-state index contributed by atoms with van der Waals surface area (Å²) in [6.45, 7) is 1.47. The lowest BCUT2D eigenvalue weighted by Crippen LogP contribution is -2.37. The summed E-state index contributed by atoms with van der Waals surface area (Å²) in [6, 6.07) is 13.7. The van der Waals surface area contributed by atoms with Gasteiger partial charge in [0, 0.05) is 42.4 Å². The highest BCUT2D eigenvalue weighted by molar-refractivity contribution is 6.01. The van der Waals surface area contributed by atoms with E-state index in [1.807, 2.05) is 42.5 Å². The Bertz CT molecular complexity index is 1340. The van der Waals surface area contributed by atoms with Crippen LogP contribution in [0.25, 0.3) is 22.2 Å². The van der Waals surface area contributed by atoms with Crippen molar-refractivity contribution in [1.82, 2.24) is 20.4 Å². The fourth-order valence-corrected chi connectivity index (χ4v) is 5.35. The number of benzene rings is 2. The van der Waals surface area contributed by atoms with Gasteiger partial charge in [0.15, 0.2) is 0 Å². The van der Waals surface area contributed by atoms with E-state index in [9.17, 15) is 9.59 Å². The molecule has 7 nitrogen and oxygen atoms in total. The number of likely N-dealkylation sites (tertiary alicyclic amines) is 1. The molecule has 1 aromatic heterocycles. The highest BCUT2D eigenvalue weighted by Crippen LogP contribution is 2.37. The molecular weight excluding hydrogens is 464 g/mol. The third-order valence-corrected chi connectivity index (χ3v) is 7.64. The zero-order chi connectivity index (χ0) is 25.2. The van der Waals surface area contributed by atoms with Crippen molar-refractivity contribution in [1.29, 1.82) is 0 Å². The Hall–Kier alpha value is -3.87. The molecule has 1 atom stereocenters. The van der Waals surface area contributed by atoms with E-state index in [0.29, 0.717) is 11.5 Å². The van der Waals surface area contributed by atoms with Gasteiger partial charge >= 0.3 is 0 Å². The normalized spacial score (nSPS) is 18.9. The first-order valence-corrected chi connectivity index (χ1v) is 13.3. The number of carbonyl (C=O) groups is 2. The number of H-pyrrole nitrogens is 1. The van der Waals surface area contributed by atoms with E-state index in [0.717, 1.165) is 73.1 Å². The van der Waals surface area contributed by atoms with Crippen LogP contribution in [0.15, 0.2) is 66.3 Å². The van der Waals surface area contributed by atoms with Crippen molar-refractivity contribution in [2.75, 3.05) is 13.1 Å². The van der Waals surface area contributed by atoms with Crippen LogP contribution < -0.4 is 10.1 Å². The number of rotatable bonds is 8. The van der Waals surface area contributed by atoms with Crippen molar-refractivity contribution in [3.63, 3.8) is 0 Å². The predicted octanol–water partition coefficient (Wildman–Crippen LogP) is 5.01. The molecule has 37 heavy (non-hydrogen) atoms. The van der Waals surface area contributed by atoms with E-state index in [4.69, 9.17) is 4.74 Å². The minimum atomic E-state index is -0.0461. The van der Waals surface area contributed by atoms with E-state index in [-0.39, 0.29) is 18.1 Å². The number of hydrogen-bond donors (Lipinski definition) is 2. The molecule has 1 saturated carbocycles. The second-order valence-corrected chi connectivity index (χ2v) is 10.3. The minimum absolute atomic E-state index is 0.0461. The number of hydrogen-bond acceptors (Lipinski definition) is 4. The number of piperidine rings is 1. The number of ether oxygens (including phenoxy) is 1. The van der Waals surface area contributed by atoms with Crippen LogP contribution in [0.2, 0.25) is 0 Å². The van der Waals surface area contributed by atoms with Crippen molar-refractivity contribution in [2.45, 2.75) is 50.7 Å².